The third-order valence-corrected chi connectivity index (χ3v) is 7.51. The highest BCUT2D eigenvalue weighted by Crippen LogP contribution is 2.36. The number of benzene rings is 1. The summed E-state index contributed by atoms with van der Waals surface area (Å²) in [6.07, 6.45) is 2.62. The van der Waals surface area contributed by atoms with Crippen LogP contribution in [0.5, 0.6) is 0 Å². The Morgan fingerprint density at radius 2 is 2.00 bits per heavy atom. The number of carbonyl (C=O) groups is 1. The molecule has 1 saturated heterocycles. The summed E-state index contributed by atoms with van der Waals surface area (Å²) in [5.41, 5.74) is 0.989. The van der Waals surface area contributed by atoms with Gasteiger partial charge in [-0.05, 0) is 35.3 Å². The summed E-state index contributed by atoms with van der Waals surface area (Å²) in [6, 6.07) is 9.72. The first-order valence-corrected chi connectivity index (χ1v) is 11.8. The third kappa shape index (κ3) is 4.49. The molecule has 1 unspecified atom stereocenters. The first-order chi connectivity index (χ1) is 13.0. The van der Waals surface area contributed by atoms with Gasteiger partial charge in [0.1, 0.15) is 0 Å². The molecule has 1 saturated carbocycles. The Morgan fingerprint density at radius 1 is 1.22 bits per heavy atom. The molecular formula is C17H21N5O3S2. The topological polar surface area (TPSA) is 98.1 Å². The molecule has 1 aliphatic carbocycles. The molecule has 1 amide bonds. The van der Waals surface area contributed by atoms with E-state index in [9.17, 15) is 13.2 Å². The van der Waals surface area contributed by atoms with Gasteiger partial charge >= 0.3 is 0 Å². The predicted octanol–water partition coefficient (Wildman–Crippen LogP) is 1.32. The van der Waals surface area contributed by atoms with Crippen LogP contribution in [-0.2, 0) is 21.2 Å². The maximum absolute atomic E-state index is 13.0. The van der Waals surface area contributed by atoms with Crippen molar-refractivity contribution in [1.29, 1.82) is 0 Å². The SMILES string of the molecule is O=C(CSc1nnnn1C1CC1)N(Cc1ccccc1)C1CCS(=O)(=O)C1. The standard InChI is InChI=1S/C17H21N5O3S2/c23-16(11-26-17-18-19-20-22(17)14-6-7-14)21(10-13-4-2-1-3-5-13)15-8-9-27(24,25)12-15/h1-5,14-15H,6-12H2. The summed E-state index contributed by atoms with van der Waals surface area (Å²) in [7, 11) is -3.07. The number of hydrogen-bond donors (Lipinski definition) is 0. The average molecular weight is 408 g/mol. The zero-order chi connectivity index (χ0) is 18.9. The second-order valence-corrected chi connectivity index (χ2v) is 10.2. The molecule has 0 radical (unpaired) electrons. The molecule has 2 aromatic rings. The number of tetrazole rings is 1. The molecule has 0 spiro atoms. The van der Waals surface area contributed by atoms with Gasteiger partial charge in [-0.2, -0.15) is 0 Å². The van der Waals surface area contributed by atoms with Gasteiger partial charge in [0.2, 0.25) is 11.1 Å². The van der Waals surface area contributed by atoms with Crippen molar-refractivity contribution in [2.24, 2.45) is 0 Å². The van der Waals surface area contributed by atoms with E-state index in [1.54, 1.807) is 9.58 Å². The quantitative estimate of drug-likeness (QED) is 0.638. The average Bonchev–Trinajstić information content (AvgIpc) is 3.28. The lowest BCUT2D eigenvalue weighted by Crippen LogP contribution is -2.41. The van der Waals surface area contributed by atoms with Crippen molar-refractivity contribution >= 4 is 27.5 Å². The molecule has 1 aliphatic heterocycles. The van der Waals surface area contributed by atoms with Crippen LogP contribution in [-0.4, -0.2) is 62.7 Å². The largest absolute Gasteiger partial charge is 0.334 e. The summed E-state index contributed by atoms with van der Waals surface area (Å²) >= 11 is 1.31. The van der Waals surface area contributed by atoms with Crippen molar-refractivity contribution in [2.75, 3.05) is 17.3 Å². The Hall–Kier alpha value is -1.94. The van der Waals surface area contributed by atoms with Gasteiger partial charge in [0.25, 0.3) is 0 Å². The van der Waals surface area contributed by atoms with Crippen molar-refractivity contribution in [1.82, 2.24) is 25.1 Å². The van der Waals surface area contributed by atoms with Crippen LogP contribution in [0.1, 0.15) is 30.9 Å². The summed E-state index contributed by atoms with van der Waals surface area (Å²) < 4.78 is 25.6. The fourth-order valence-electron chi connectivity index (χ4n) is 3.26. The smallest absolute Gasteiger partial charge is 0.233 e. The van der Waals surface area contributed by atoms with Crippen LogP contribution in [0, 0.1) is 0 Å². The number of hydrogen-bond acceptors (Lipinski definition) is 7. The van der Waals surface area contributed by atoms with Crippen LogP contribution < -0.4 is 0 Å². The van der Waals surface area contributed by atoms with Crippen LogP contribution in [0.2, 0.25) is 0 Å². The Balaban J connectivity index is 1.47. The second-order valence-electron chi connectivity index (χ2n) is 6.99. The number of sulfone groups is 1. The highest BCUT2D eigenvalue weighted by Gasteiger charge is 2.35. The molecule has 27 heavy (non-hydrogen) atoms. The van der Waals surface area contributed by atoms with E-state index in [-0.39, 0.29) is 29.2 Å². The lowest BCUT2D eigenvalue weighted by molar-refractivity contribution is -0.130. The zero-order valence-corrected chi connectivity index (χ0v) is 16.4. The zero-order valence-electron chi connectivity index (χ0n) is 14.8. The van der Waals surface area contributed by atoms with Crippen molar-refractivity contribution < 1.29 is 13.2 Å². The van der Waals surface area contributed by atoms with Gasteiger partial charge in [-0.25, -0.2) is 13.1 Å². The molecule has 144 valence electrons. The van der Waals surface area contributed by atoms with Crippen molar-refractivity contribution in [2.45, 2.75) is 43.0 Å². The molecule has 0 bridgehead atoms. The number of aromatic nitrogens is 4. The van der Waals surface area contributed by atoms with Gasteiger partial charge < -0.3 is 4.90 Å². The normalized spacial score (nSPS) is 21.3. The fraction of sp³-hybridized carbons (Fsp3) is 0.529. The molecule has 1 aromatic carbocycles. The molecule has 10 heteroatoms. The summed E-state index contributed by atoms with van der Waals surface area (Å²) in [5.74, 6) is 0.284. The van der Waals surface area contributed by atoms with Crippen LogP contribution in [0.25, 0.3) is 0 Å². The summed E-state index contributed by atoms with van der Waals surface area (Å²) in [6.45, 7) is 0.411. The number of nitrogens with zero attached hydrogens (tertiary/aromatic N) is 5. The van der Waals surface area contributed by atoms with Gasteiger partial charge in [-0.1, -0.05) is 42.1 Å². The summed E-state index contributed by atoms with van der Waals surface area (Å²) in [4.78, 5) is 14.7. The number of carbonyl (C=O) groups excluding carboxylic acids is 1. The summed E-state index contributed by atoms with van der Waals surface area (Å²) in [5, 5.41) is 12.4. The highest BCUT2D eigenvalue weighted by atomic mass is 32.2. The van der Waals surface area contributed by atoms with Gasteiger partial charge in [0.15, 0.2) is 9.84 Å². The Labute approximate surface area is 162 Å². The van der Waals surface area contributed by atoms with E-state index in [4.69, 9.17) is 0 Å². The maximum Gasteiger partial charge on any atom is 0.233 e. The lowest BCUT2D eigenvalue weighted by atomic mass is 10.1. The van der Waals surface area contributed by atoms with Gasteiger partial charge in [0, 0.05) is 12.6 Å². The Kier molecular flexibility index (Phi) is 5.18. The molecule has 0 N–H and O–H groups in total. The minimum absolute atomic E-state index is 0.0378. The molecule has 1 aromatic heterocycles. The minimum atomic E-state index is -3.07. The Morgan fingerprint density at radius 3 is 2.67 bits per heavy atom. The van der Waals surface area contributed by atoms with Crippen LogP contribution in [0.3, 0.4) is 0 Å². The number of rotatable bonds is 7. The minimum Gasteiger partial charge on any atom is -0.334 e. The van der Waals surface area contributed by atoms with Crippen LogP contribution in [0.15, 0.2) is 35.5 Å². The number of amides is 1. The van der Waals surface area contributed by atoms with E-state index < -0.39 is 9.84 Å². The van der Waals surface area contributed by atoms with E-state index in [1.807, 2.05) is 30.3 Å². The van der Waals surface area contributed by atoms with E-state index in [1.165, 1.54) is 11.8 Å². The fourth-order valence-corrected chi connectivity index (χ4v) is 5.82. The van der Waals surface area contributed by atoms with E-state index in [0.29, 0.717) is 24.2 Å². The lowest BCUT2D eigenvalue weighted by Gasteiger charge is -2.28. The Bertz CT molecular complexity index is 912. The van der Waals surface area contributed by atoms with E-state index in [2.05, 4.69) is 15.5 Å². The third-order valence-electron chi connectivity index (χ3n) is 4.85. The first-order valence-electron chi connectivity index (χ1n) is 8.96. The molecular weight excluding hydrogens is 386 g/mol. The van der Waals surface area contributed by atoms with E-state index >= 15 is 0 Å². The first kappa shape index (κ1) is 18.4. The van der Waals surface area contributed by atoms with Gasteiger partial charge in [-0.3, -0.25) is 4.79 Å². The number of thioether (sulfide) groups is 1. The predicted molar refractivity (Wildman–Crippen MR) is 101 cm³/mol. The highest BCUT2D eigenvalue weighted by molar-refractivity contribution is 7.99. The molecule has 2 fully saturated rings. The van der Waals surface area contributed by atoms with Gasteiger partial charge in [-0.15, -0.1) is 5.10 Å². The molecule has 4 rings (SSSR count). The monoisotopic (exact) mass is 407 g/mol. The molecule has 1 atom stereocenters. The molecule has 2 aliphatic rings. The second kappa shape index (κ2) is 7.59. The van der Waals surface area contributed by atoms with E-state index in [0.717, 1.165) is 18.4 Å². The van der Waals surface area contributed by atoms with Crippen molar-refractivity contribution in [3.63, 3.8) is 0 Å². The van der Waals surface area contributed by atoms with Crippen molar-refractivity contribution in [3.05, 3.63) is 35.9 Å². The molecule has 8 nitrogen and oxygen atoms in total. The van der Waals surface area contributed by atoms with Crippen LogP contribution >= 0.6 is 11.8 Å². The van der Waals surface area contributed by atoms with Gasteiger partial charge in [0.05, 0.1) is 23.3 Å². The molecule has 2 heterocycles. The van der Waals surface area contributed by atoms with Crippen LogP contribution in [0.4, 0.5) is 0 Å². The van der Waals surface area contributed by atoms with Crippen molar-refractivity contribution in [3.8, 4) is 0 Å². The maximum atomic E-state index is 13.0.